The van der Waals surface area contributed by atoms with Gasteiger partial charge in [0.2, 0.25) is 5.95 Å². The molecule has 0 fully saturated rings. The molecule has 2 aromatic carbocycles. The number of para-hydroxylation sites is 1. The molecule has 11 heteroatoms. The molecule has 3 N–H and O–H groups in total. The molecule has 33 heavy (non-hydrogen) atoms. The molecular formula is C22H27B2ClN5O2P. The second-order valence-electron chi connectivity index (χ2n) is 9.02. The van der Waals surface area contributed by atoms with Crippen molar-refractivity contribution >= 4 is 62.9 Å². The molecule has 4 rings (SSSR count). The Bertz CT molecular complexity index is 1250. The van der Waals surface area contributed by atoms with E-state index in [1.165, 1.54) is 17.3 Å². The van der Waals surface area contributed by atoms with Crippen LogP contribution in [0.4, 0.5) is 23.1 Å². The van der Waals surface area contributed by atoms with E-state index in [1.54, 1.807) is 20.4 Å². The van der Waals surface area contributed by atoms with Gasteiger partial charge in [-0.15, -0.1) is 0 Å². The summed E-state index contributed by atoms with van der Waals surface area (Å²) in [4.78, 5) is 8.93. The lowest BCUT2D eigenvalue weighted by molar-refractivity contribution is 0.415. The summed E-state index contributed by atoms with van der Waals surface area (Å²) >= 11 is 6.39. The lowest BCUT2D eigenvalue weighted by Gasteiger charge is -2.35. The molecule has 1 aliphatic heterocycles. The van der Waals surface area contributed by atoms with Crippen molar-refractivity contribution < 1.29 is 9.30 Å². The number of rotatable bonds is 6. The monoisotopic (exact) mass is 481 g/mol. The first-order chi connectivity index (χ1) is 15.6. The summed E-state index contributed by atoms with van der Waals surface area (Å²) in [6.45, 7) is 4.40. The highest BCUT2D eigenvalue weighted by molar-refractivity contribution is 7.70. The SMILES string of the molecule is BC1(B)NCCc2cc(OC)c(Nc3ncc(Cl)c(Nc4ccccc4P(C)(C)=O)n3)cc21. The zero-order valence-electron chi connectivity index (χ0n) is 19.5. The van der Waals surface area contributed by atoms with Gasteiger partial charge < -0.3 is 25.3 Å². The van der Waals surface area contributed by atoms with Crippen molar-refractivity contribution in [1.29, 1.82) is 0 Å². The van der Waals surface area contributed by atoms with E-state index in [0.29, 0.717) is 22.5 Å². The van der Waals surface area contributed by atoms with Crippen LogP contribution in [0.15, 0.2) is 42.6 Å². The van der Waals surface area contributed by atoms with Crippen molar-refractivity contribution in [3.63, 3.8) is 0 Å². The standard InChI is InChI=1S/C22H27B2ClN5O2P/c1-32-18-10-13-8-9-27-22(23,24)14(13)11-17(18)29-21-26-12-15(25)20(30-21)28-16-6-4-5-7-19(16)33(2,3)31/h4-7,10-12,27H,8-9,23-24H2,1-3H3,(H2,26,28,29,30). The summed E-state index contributed by atoms with van der Waals surface area (Å²) in [5.74, 6) is 1.52. The minimum atomic E-state index is -2.50. The van der Waals surface area contributed by atoms with Crippen LogP contribution in [-0.4, -0.2) is 52.6 Å². The molecule has 7 nitrogen and oxygen atoms in total. The third-order valence-electron chi connectivity index (χ3n) is 5.79. The first kappa shape index (κ1) is 23.7. The number of benzene rings is 2. The van der Waals surface area contributed by atoms with Crippen molar-refractivity contribution in [3.05, 3.63) is 58.7 Å². The molecule has 170 valence electrons. The number of ether oxygens (including phenoxy) is 1. The van der Waals surface area contributed by atoms with Crippen LogP contribution in [0.25, 0.3) is 0 Å². The van der Waals surface area contributed by atoms with Gasteiger partial charge in [0.05, 0.1) is 24.7 Å². The number of aromatic nitrogens is 2. The fourth-order valence-corrected chi connectivity index (χ4v) is 5.39. The van der Waals surface area contributed by atoms with Gasteiger partial charge in [-0.3, -0.25) is 0 Å². The molecule has 0 spiro atoms. The molecule has 0 saturated heterocycles. The molecule has 0 amide bonds. The fraction of sp³-hybridized carbons (Fsp3) is 0.273. The number of methoxy groups -OCH3 is 1. The number of anilines is 4. The van der Waals surface area contributed by atoms with E-state index in [2.05, 4.69) is 53.7 Å². The first-order valence-corrected chi connectivity index (χ1v) is 13.7. The predicted octanol–water partition coefficient (Wildman–Crippen LogP) is 2.40. The second kappa shape index (κ2) is 9.05. The number of nitrogens with one attached hydrogen (secondary N) is 3. The molecule has 0 radical (unpaired) electrons. The number of fused-ring (bicyclic) bond motifs is 1. The average Bonchev–Trinajstić information content (AvgIpc) is 2.75. The lowest BCUT2D eigenvalue weighted by atomic mass is 9.56. The quantitative estimate of drug-likeness (QED) is 0.368. The van der Waals surface area contributed by atoms with E-state index >= 15 is 0 Å². The van der Waals surface area contributed by atoms with Crippen molar-refractivity contribution in [2.24, 2.45) is 0 Å². The Kier molecular flexibility index (Phi) is 6.50. The first-order valence-electron chi connectivity index (χ1n) is 10.8. The lowest BCUT2D eigenvalue weighted by Crippen LogP contribution is -2.48. The average molecular weight is 482 g/mol. The van der Waals surface area contributed by atoms with Gasteiger partial charge in [-0.05, 0) is 67.0 Å². The zero-order valence-corrected chi connectivity index (χ0v) is 21.1. The molecule has 3 aromatic rings. The topological polar surface area (TPSA) is 88.2 Å². The van der Waals surface area contributed by atoms with Crippen LogP contribution in [0.1, 0.15) is 11.1 Å². The van der Waals surface area contributed by atoms with Gasteiger partial charge in [0.25, 0.3) is 0 Å². The maximum absolute atomic E-state index is 12.7. The number of hydrogen-bond acceptors (Lipinski definition) is 7. The van der Waals surface area contributed by atoms with E-state index < -0.39 is 7.14 Å². The van der Waals surface area contributed by atoms with Crippen LogP contribution < -0.4 is 26.0 Å². The van der Waals surface area contributed by atoms with Crippen LogP contribution in [0.5, 0.6) is 5.75 Å². The largest absolute Gasteiger partial charge is 0.495 e. The number of nitrogens with zero attached hydrogens (tertiary/aromatic N) is 2. The van der Waals surface area contributed by atoms with E-state index in [-0.39, 0.29) is 5.34 Å². The van der Waals surface area contributed by atoms with Gasteiger partial charge >= 0.3 is 0 Å². The Morgan fingerprint density at radius 2 is 1.94 bits per heavy atom. The number of hydrogen-bond donors (Lipinski definition) is 3. The summed E-state index contributed by atoms with van der Waals surface area (Å²) in [7, 11) is 3.49. The number of halogens is 1. The highest BCUT2D eigenvalue weighted by Gasteiger charge is 2.28. The van der Waals surface area contributed by atoms with Gasteiger partial charge in [0, 0.05) is 5.30 Å². The van der Waals surface area contributed by atoms with E-state index in [1.807, 2.05) is 24.3 Å². The third-order valence-corrected chi connectivity index (χ3v) is 7.61. The van der Waals surface area contributed by atoms with E-state index in [0.717, 1.165) is 29.7 Å². The molecule has 1 aliphatic rings. The van der Waals surface area contributed by atoms with Crippen molar-refractivity contribution in [2.45, 2.75) is 11.8 Å². The van der Waals surface area contributed by atoms with E-state index in [9.17, 15) is 4.57 Å². The summed E-state index contributed by atoms with van der Waals surface area (Å²) in [5.41, 5.74) is 3.95. The van der Waals surface area contributed by atoms with Gasteiger partial charge in [-0.1, -0.05) is 23.7 Å². The molecule has 0 saturated carbocycles. The maximum atomic E-state index is 12.7. The normalized spacial score (nSPS) is 14.9. The van der Waals surface area contributed by atoms with Crippen LogP contribution in [-0.2, 0) is 16.3 Å². The molecule has 1 aromatic heterocycles. The molecule has 0 bridgehead atoms. The summed E-state index contributed by atoms with van der Waals surface area (Å²) in [6.07, 6.45) is 2.48. The minimum absolute atomic E-state index is 0.151. The second-order valence-corrected chi connectivity index (χ2v) is 12.6. The van der Waals surface area contributed by atoms with Gasteiger partial charge in [-0.25, -0.2) is 4.98 Å². The predicted molar refractivity (Wildman–Crippen MR) is 143 cm³/mol. The Balaban J connectivity index is 1.68. The van der Waals surface area contributed by atoms with Crippen LogP contribution in [0.3, 0.4) is 0 Å². The van der Waals surface area contributed by atoms with Crippen LogP contribution >= 0.6 is 18.7 Å². The molecule has 2 heterocycles. The third kappa shape index (κ3) is 5.06. The fourth-order valence-electron chi connectivity index (χ4n) is 4.09. The minimum Gasteiger partial charge on any atom is -0.495 e. The maximum Gasteiger partial charge on any atom is 0.229 e. The molecule has 0 unspecified atom stereocenters. The van der Waals surface area contributed by atoms with Crippen LogP contribution in [0.2, 0.25) is 5.02 Å². The summed E-state index contributed by atoms with van der Waals surface area (Å²) in [6, 6.07) is 11.6. The van der Waals surface area contributed by atoms with Crippen molar-refractivity contribution in [1.82, 2.24) is 15.3 Å². The van der Waals surface area contributed by atoms with Crippen LogP contribution in [0, 0.1) is 0 Å². The Hall–Kier alpha value is -2.47. The highest BCUT2D eigenvalue weighted by atomic mass is 35.5. The zero-order chi connectivity index (χ0) is 23.8. The van der Waals surface area contributed by atoms with Gasteiger partial charge in [-0.2, -0.15) is 4.98 Å². The Morgan fingerprint density at radius 1 is 1.18 bits per heavy atom. The van der Waals surface area contributed by atoms with Gasteiger partial charge in [0.15, 0.2) is 5.82 Å². The summed E-state index contributed by atoms with van der Waals surface area (Å²) < 4.78 is 18.4. The Morgan fingerprint density at radius 3 is 2.67 bits per heavy atom. The van der Waals surface area contributed by atoms with Crippen molar-refractivity contribution in [3.8, 4) is 5.75 Å². The highest BCUT2D eigenvalue weighted by Crippen LogP contribution is 2.39. The van der Waals surface area contributed by atoms with E-state index in [4.69, 9.17) is 16.3 Å². The molecule has 0 atom stereocenters. The van der Waals surface area contributed by atoms with Crippen molar-refractivity contribution in [2.75, 3.05) is 37.6 Å². The molecular weight excluding hydrogens is 454 g/mol. The summed E-state index contributed by atoms with van der Waals surface area (Å²) in [5, 5.41) is 11.0. The van der Waals surface area contributed by atoms with Gasteiger partial charge in [0.1, 0.15) is 33.6 Å². The Labute approximate surface area is 201 Å². The smallest absolute Gasteiger partial charge is 0.229 e. The molecule has 0 aliphatic carbocycles.